The Labute approximate surface area is 102 Å². The van der Waals surface area contributed by atoms with Gasteiger partial charge in [-0.2, -0.15) is 5.10 Å². The van der Waals surface area contributed by atoms with Crippen molar-refractivity contribution < 1.29 is 0 Å². The van der Waals surface area contributed by atoms with Crippen LogP contribution >= 0.6 is 11.6 Å². The minimum atomic E-state index is 0.380. The summed E-state index contributed by atoms with van der Waals surface area (Å²) >= 11 is 5.69. The molecule has 0 bridgehead atoms. The zero-order valence-corrected chi connectivity index (χ0v) is 10.7. The van der Waals surface area contributed by atoms with Crippen LogP contribution in [-0.2, 0) is 5.88 Å². The lowest BCUT2D eigenvalue weighted by Crippen LogP contribution is -2.40. The van der Waals surface area contributed by atoms with E-state index < -0.39 is 0 Å². The van der Waals surface area contributed by atoms with E-state index in [2.05, 4.69) is 28.9 Å². The third-order valence-electron chi connectivity index (χ3n) is 3.07. The summed E-state index contributed by atoms with van der Waals surface area (Å²) in [6, 6.07) is 3.98. The summed E-state index contributed by atoms with van der Waals surface area (Å²) < 4.78 is 0. The van der Waals surface area contributed by atoms with Crippen molar-refractivity contribution in [3.63, 3.8) is 0 Å². The van der Waals surface area contributed by atoms with Gasteiger partial charge in [0.15, 0.2) is 5.82 Å². The molecule has 1 aliphatic rings. The van der Waals surface area contributed by atoms with Gasteiger partial charge in [0.1, 0.15) is 0 Å². The molecule has 16 heavy (non-hydrogen) atoms. The first-order valence-corrected chi connectivity index (χ1v) is 6.28. The number of aromatic nitrogens is 2. The van der Waals surface area contributed by atoms with Crippen molar-refractivity contribution in [3.8, 4) is 0 Å². The SMILES string of the molecule is CC1(C)CCCN(c2ccc(CCl)nn2)C1. The van der Waals surface area contributed by atoms with Gasteiger partial charge in [0.05, 0.1) is 11.6 Å². The van der Waals surface area contributed by atoms with Gasteiger partial charge in [-0.25, -0.2) is 0 Å². The highest BCUT2D eigenvalue weighted by Gasteiger charge is 2.27. The Morgan fingerprint density at radius 1 is 1.38 bits per heavy atom. The predicted octanol–water partition coefficient (Wildman–Crippen LogP) is 2.84. The molecule has 0 amide bonds. The number of nitrogens with zero attached hydrogens (tertiary/aromatic N) is 3. The van der Waals surface area contributed by atoms with Crippen LogP contribution in [0.5, 0.6) is 0 Å². The lowest BCUT2D eigenvalue weighted by molar-refractivity contribution is 0.291. The van der Waals surface area contributed by atoms with Crippen molar-refractivity contribution in [3.05, 3.63) is 17.8 Å². The highest BCUT2D eigenvalue weighted by atomic mass is 35.5. The van der Waals surface area contributed by atoms with Crippen LogP contribution in [0.3, 0.4) is 0 Å². The zero-order valence-electron chi connectivity index (χ0n) is 9.91. The third kappa shape index (κ3) is 2.64. The van der Waals surface area contributed by atoms with Crippen molar-refractivity contribution in [2.45, 2.75) is 32.6 Å². The van der Waals surface area contributed by atoms with E-state index in [0.717, 1.165) is 24.6 Å². The number of hydrogen-bond donors (Lipinski definition) is 0. The van der Waals surface area contributed by atoms with Crippen LogP contribution in [0.15, 0.2) is 12.1 Å². The van der Waals surface area contributed by atoms with Crippen molar-refractivity contribution in [1.82, 2.24) is 10.2 Å². The van der Waals surface area contributed by atoms with Gasteiger partial charge in [0, 0.05) is 13.1 Å². The molecule has 1 fully saturated rings. The monoisotopic (exact) mass is 239 g/mol. The molecule has 88 valence electrons. The molecule has 0 unspecified atom stereocenters. The quantitative estimate of drug-likeness (QED) is 0.744. The van der Waals surface area contributed by atoms with Crippen LogP contribution in [0, 0.1) is 5.41 Å². The van der Waals surface area contributed by atoms with Crippen LogP contribution in [0.1, 0.15) is 32.4 Å². The highest BCUT2D eigenvalue weighted by molar-refractivity contribution is 6.16. The van der Waals surface area contributed by atoms with Crippen LogP contribution in [0.4, 0.5) is 5.82 Å². The first-order chi connectivity index (χ1) is 7.61. The molecule has 0 saturated carbocycles. The lowest BCUT2D eigenvalue weighted by Gasteiger charge is -2.38. The van der Waals surface area contributed by atoms with E-state index in [0.29, 0.717) is 11.3 Å². The molecule has 2 heterocycles. The van der Waals surface area contributed by atoms with Crippen molar-refractivity contribution in [2.24, 2.45) is 5.41 Å². The molecule has 1 aliphatic heterocycles. The number of rotatable bonds is 2. The van der Waals surface area contributed by atoms with Gasteiger partial charge < -0.3 is 4.90 Å². The molecule has 0 atom stereocenters. The topological polar surface area (TPSA) is 29.0 Å². The van der Waals surface area contributed by atoms with E-state index >= 15 is 0 Å². The highest BCUT2D eigenvalue weighted by Crippen LogP contribution is 2.30. The summed E-state index contributed by atoms with van der Waals surface area (Å²) in [5.74, 6) is 1.40. The second-order valence-electron chi connectivity index (χ2n) is 5.21. The zero-order chi connectivity index (χ0) is 11.6. The van der Waals surface area contributed by atoms with E-state index in [1.807, 2.05) is 12.1 Å². The molecule has 4 heteroatoms. The Balaban J connectivity index is 2.11. The average Bonchev–Trinajstić information content (AvgIpc) is 2.28. The normalized spacial score (nSPS) is 19.8. The Morgan fingerprint density at radius 2 is 2.19 bits per heavy atom. The Morgan fingerprint density at radius 3 is 2.75 bits per heavy atom. The van der Waals surface area contributed by atoms with Crippen LogP contribution < -0.4 is 4.90 Å². The lowest BCUT2D eigenvalue weighted by atomic mass is 9.84. The van der Waals surface area contributed by atoms with Crippen molar-refractivity contribution in [1.29, 1.82) is 0 Å². The summed E-state index contributed by atoms with van der Waals surface area (Å²) in [4.78, 5) is 2.31. The Hall–Kier alpha value is -0.830. The maximum absolute atomic E-state index is 5.69. The third-order valence-corrected chi connectivity index (χ3v) is 3.34. The van der Waals surface area contributed by atoms with Crippen molar-refractivity contribution in [2.75, 3.05) is 18.0 Å². The average molecular weight is 240 g/mol. The van der Waals surface area contributed by atoms with E-state index in [1.165, 1.54) is 12.8 Å². The fraction of sp³-hybridized carbons (Fsp3) is 0.667. The summed E-state index contributed by atoms with van der Waals surface area (Å²) in [6.45, 7) is 6.75. The Kier molecular flexibility index (Phi) is 3.33. The second kappa shape index (κ2) is 4.58. The maximum Gasteiger partial charge on any atom is 0.151 e. The molecule has 1 aromatic heterocycles. The number of anilines is 1. The Bertz CT molecular complexity index is 348. The number of halogens is 1. The standard InChI is InChI=1S/C12H18ClN3/c1-12(2)6-3-7-16(9-12)11-5-4-10(8-13)14-15-11/h4-5H,3,6-9H2,1-2H3. The van der Waals surface area contributed by atoms with Gasteiger partial charge in [-0.3, -0.25) is 0 Å². The van der Waals surface area contributed by atoms with E-state index in [-0.39, 0.29) is 0 Å². The number of hydrogen-bond acceptors (Lipinski definition) is 3. The summed E-state index contributed by atoms with van der Waals surface area (Å²) in [7, 11) is 0. The minimum absolute atomic E-state index is 0.380. The van der Waals surface area contributed by atoms with Gasteiger partial charge in [0.25, 0.3) is 0 Å². The van der Waals surface area contributed by atoms with Crippen LogP contribution in [-0.4, -0.2) is 23.3 Å². The van der Waals surface area contributed by atoms with Gasteiger partial charge in [-0.05, 0) is 30.4 Å². The maximum atomic E-state index is 5.69. The van der Waals surface area contributed by atoms with Gasteiger partial charge in [0.2, 0.25) is 0 Å². The number of alkyl halides is 1. The minimum Gasteiger partial charge on any atom is -0.355 e. The van der Waals surface area contributed by atoms with Gasteiger partial charge in [-0.15, -0.1) is 16.7 Å². The second-order valence-corrected chi connectivity index (χ2v) is 5.47. The predicted molar refractivity (Wildman–Crippen MR) is 66.8 cm³/mol. The molecule has 1 saturated heterocycles. The number of piperidine rings is 1. The van der Waals surface area contributed by atoms with Crippen LogP contribution in [0.2, 0.25) is 0 Å². The summed E-state index contributed by atoms with van der Waals surface area (Å²) in [5.41, 5.74) is 1.21. The molecule has 0 aromatic carbocycles. The molecule has 0 N–H and O–H groups in total. The fourth-order valence-electron chi connectivity index (χ4n) is 2.21. The summed E-state index contributed by atoms with van der Waals surface area (Å²) in [6.07, 6.45) is 2.52. The first kappa shape index (κ1) is 11.6. The fourth-order valence-corrected chi connectivity index (χ4v) is 2.35. The summed E-state index contributed by atoms with van der Waals surface area (Å²) in [5, 5.41) is 8.33. The molecular weight excluding hydrogens is 222 g/mol. The molecule has 2 rings (SSSR count). The molecule has 0 spiro atoms. The molecular formula is C12H18ClN3. The smallest absolute Gasteiger partial charge is 0.151 e. The first-order valence-electron chi connectivity index (χ1n) is 5.74. The van der Waals surface area contributed by atoms with Gasteiger partial charge in [-0.1, -0.05) is 13.8 Å². The van der Waals surface area contributed by atoms with E-state index in [4.69, 9.17) is 11.6 Å². The largest absolute Gasteiger partial charge is 0.355 e. The molecule has 3 nitrogen and oxygen atoms in total. The van der Waals surface area contributed by atoms with E-state index in [9.17, 15) is 0 Å². The molecule has 1 aromatic rings. The molecule has 0 radical (unpaired) electrons. The molecule has 0 aliphatic carbocycles. The van der Waals surface area contributed by atoms with E-state index in [1.54, 1.807) is 0 Å². The van der Waals surface area contributed by atoms with Gasteiger partial charge >= 0.3 is 0 Å². The van der Waals surface area contributed by atoms with Crippen LogP contribution in [0.25, 0.3) is 0 Å². The van der Waals surface area contributed by atoms with Crippen molar-refractivity contribution >= 4 is 17.4 Å².